The average Bonchev–Trinajstić information content (AvgIpc) is 3.24. The van der Waals surface area contributed by atoms with Crippen molar-refractivity contribution in [1.29, 1.82) is 0 Å². The fourth-order valence-electron chi connectivity index (χ4n) is 2.40. The van der Waals surface area contributed by atoms with Crippen LogP contribution in [-0.2, 0) is 6.54 Å². The molecule has 3 aromatic heterocycles. The van der Waals surface area contributed by atoms with Gasteiger partial charge in [0.15, 0.2) is 5.76 Å². The molecule has 23 heavy (non-hydrogen) atoms. The number of carbonyl (C=O) groups is 1. The predicted octanol–water partition coefficient (Wildman–Crippen LogP) is 2.70. The van der Waals surface area contributed by atoms with E-state index in [1.165, 1.54) is 0 Å². The van der Waals surface area contributed by atoms with E-state index < -0.39 is 0 Å². The Morgan fingerprint density at radius 3 is 3.04 bits per heavy atom. The van der Waals surface area contributed by atoms with Gasteiger partial charge in [-0.3, -0.25) is 0 Å². The van der Waals surface area contributed by atoms with E-state index in [4.69, 9.17) is 8.94 Å². The molecule has 0 radical (unpaired) electrons. The molecule has 8 heteroatoms. The highest BCUT2D eigenvalue weighted by atomic mass is 32.1. The van der Waals surface area contributed by atoms with Gasteiger partial charge in [0.1, 0.15) is 0 Å². The molecule has 0 aliphatic carbocycles. The number of nitrogens with zero attached hydrogens (tertiary/aromatic N) is 3. The zero-order chi connectivity index (χ0) is 15.6. The van der Waals surface area contributed by atoms with Crippen molar-refractivity contribution < 1.29 is 13.7 Å². The maximum atomic E-state index is 12.0. The largest absolute Gasteiger partial charge is 0.461 e. The van der Waals surface area contributed by atoms with Crippen LogP contribution in [0.4, 0.5) is 4.79 Å². The van der Waals surface area contributed by atoms with E-state index in [9.17, 15) is 4.79 Å². The highest BCUT2D eigenvalue weighted by molar-refractivity contribution is 7.09. The van der Waals surface area contributed by atoms with Crippen LogP contribution >= 0.6 is 11.3 Å². The van der Waals surface area contributed by atoms with Gasteiger partial charge in [-0.2, -0.15) is 4.98 Å². The third-order valence-electron chi connectivity index (χ3n) is 3.70. The molecule has 0 spiro atoms. The Balaban J connectivity index is 1.30. The van der Waals surface area contributed by atoms with Crippen LogP contribution in [0, 0.1) is 0 Å². The molecule has 1 aliphatic heterocycles. The Morgan fingerprint density at radius 2 is 2.30 bits per heavy atom. The minimum absolute atomic E-state index is 0.0691. The first-order valence-corrected chi connectivity index (χ1v) is 8.10. The number of aromatic nitrogens is 2. The number of thiophene rings is 1. The predicted molar refractivity (Wildman–Crippen MR) is 82.9 cm³/mol. The number of rotatable bonds is 4. The molecule has 4 heterocycles. The second-order valence-electron chi connectivity index (χ2n) is 5.27. The molecule has 2 amide bonds. The van der Waals surface area contributed by atoms with Gasteiger partial charge in [0.25, 0.3) is 0 Å². The SMILES string of the molecule is O=C(NCc1cccs1)N1CC(c2nc(-c3ccco3)no2)C1. The molecule has 0 bridgehead atoms. The fourth-order valence-corrected chi connectivity index (χ4v) is 3.04. The number of carbonyl (C=O) groups excluding carboxylic acids is 1. The molecule has 1 aliphatic rings. The van der Waals surface area contributed by atoms with E-state index in [1.807, 2.05) is 17.5 Å². The second kappa shape index (κ2) is 5.88. The lowest BCUT2D eigenvalue weighted by Crippen LogP contribution is -2.52. The summed E-state index contributed by atoms with van der Waals surface area (Å²) in [7, 11) is 0. The summed E-state index contributed by atoms with van der Waals surface area (Å²) >= 11 is 1.63. The number of hydrogen-bond donors (Lipinski definition) is 1. The minimum Gasteiger partial charge on any atom is -0.461 e. The van der Waals surface area contributed by atoms with Crippen LogP contribution in [0.5, 0.6) is 0 Å². The molecule has 1 saturated heterocycles. The zero-order valence-electron chi connectivity index (χ0n) is 12.1. The van der Waals surface area contributed by atoms with Crippen molar-refractivity contribution in [3.05, 3.63) is 46.7 Å². The van der Waals surface area contributed by atoms with Crippen LogP contribution in [0.3, 0.4) is 0 Å². The van der Waals surface area contributed by atoms with Gasteiger partial charge in [-0.05, 0) is 23.6 Å². The lowest BCUT2D eigenvalue weighted by Gasteiger charge is -2.36. The van der Waals surface area contributed by atoms with Crippen molar-refractivity contribution in [2.75, 3.05) is 13.1 Å². The molecule has 0 unspecified atom stereocenters. The van der Waals surface area contributed by atoms with Gasteiger partial charge in [0, 0.05) is 18.0 Å². The standard InChI is InChI=1S/C15H14N4O3S/c20-15(16-7-11-3-2-6-23-11)19-8-10(9-19)14-17-13(18-22-14)12-4-1-5-21-12/h1-6,10H,7-9H2,(H,16,20). The van der Waals surface area contributed by atoms with Gasteiger partial charge in [0.2, 0.25) is 11.7 Å². The number of furan rings is 1. The first-order chi connectivity index (χ1) is 11.3. The molecule has 0 saturated carbocycles. The van der Waals surface area contributed by atoms with Gasteiger partial charge in [-0.15, -0.1) is 11.3 Å². The first-order valence-electron chi connectivity index (χ1n) is 7.22. The normalized spacial score (nSPS) is 14.7. The maximum Gasteiger partial charge on any atom is 0.317 e. The van der Waals surface area contributed by atoms with E-state index in [0.29, 0.717) is 37.1 Å². The molecule has 7 nitrogen and oxygen atoms in total. The first kappa shape index (κ1) is 14.0. The Labute approximate surface area is 135 Å². The van der Waals surface area contributed by atoms with Crippen LogP contribution < -0.4 is 5.32 Å². The third-order valence-corrected chi connectivity index (χ3v) is 4.57. The van der Waals surface area contributed by atoms with Crippen molar-refractivity contribution in [3.8, 4) is 11.6 Å². The van der Waals surface area contributed by atoms with Gasteiger partial charge < -0.3 is 19.2 Å². The Kier molecular flexibility index (Phi) is 3.58. The summed E-state index contributed by atoms with van der Waals surface area (Å²) in [6.07, 6.45) is 1.56. The maximum absolute atomic E-state index is 12.0. The smallest absolute Gasteiger partial charge is 0.317 e. The van der Waals surface area contributed by atoms with Gasteiger partial charge in [-0.1, -0.05) is 11.2 Å². The van der Waals surface area contributed by atoms with Crippen molar-refractivity contribution in [1.82, 2.24) is 20.4 Å². The number of nitrogens with one attached hydrogen (secondary N) is 1. The van der Waals surface area contributed by atoms with Gasteiger partial charge in [-0.25, -0.2) is 4.79 Å². The number of hydrogen-bond acceptors (Lipinski definition) is 6. The third kappa shape index (κ3) is 2.85. The van der Waals surface area contributed by atoms with E-state index in [2.05, 4.69) is 15.5 Å². The summed E-state index contributed by atoms with van der Waals surface area (Å²) in [5, 5.41) is 8.80. The number of likely N-dealkylation sites (tertiary alicyclic amines) is 1. The van der Waals surface area contributed by atoms with E-state index in [1.54, 1.807) is 34.6 Å². The molecule has 1 N–H and O–H groups in total. The summed E-state index contributed by atoms with van der Waals surface area (Å²) in [6.45, 7) is 1.72. The van der Waals surface area contributed by atoms with Crippen molar-refractivity contribution in [2.24, 2.45) is 0 Å². The van der Waals surface area contributed by atoms with E-state index in [0.717, 1.165) is 4.88 Å². The topological polar surface area (TPSA) is 84.4 Å². The van der Waals surface area contributed by atoms with Crippen LogP contribution in [0.15, 0.2) is 44.8 Å². The van der Waals surface area contributed by atoms with Crippen molar-refractivity contribution in [2.45, 2.75) is 12.5 Å². The van der Waals surface area contributed by atoms with E-state index in [-0.39, 0.29) is 11.9 Å². The number of amides is 2. The van der Waals surface area contributed by atoms with Crippen LogP contribution in [0.2, 0.25) is 0 Å². The summed E-state index contributed by atoms with van der Waals surface area (Å²) in [6, 6.07) is 7.45. The lowest BCUT2D eigenvalue weighted by atomic mass is 10.0. The minimum atomic E-state index is -0.0691. The van der Waals surface area contributed by atoms with E-state index >= 15 is 0 Å². The Morgan fingerprint density at radius 1 is 1.39 bits per heavy atom. The summed E-state index contributed by atoms with van der Waals surface area (Å²) in [5.41, 5.74) is 0. The average molecular weight is 330 g/mol. The monoisotopic (exact) mass is 330 g/mol. The summed E-state index contributed by atoms with van der Waals surface area (Å²) in [5.74, 6) is 1.63. The van der Waals surface area contributed by atoms with Crippen LogP contribution in [-0.4, -0.2) is 34.2 Å². The Bertz CT molecular complexity index is 776. The van der Waals surface area contributed by atoms with Gasteiger partial charge >= 0.3 is 6.03 Å². The van der Waals surface area contributed by atoms with Crippen LogP contribution in [0.25, 0.3) is 11.6 Å². The molecule has 0 atom stereocenters. The fraction of sp³-hybridized carbons (Fsp3) is 0.267. The molecule has 3 aromatic rings. The molecule has 0 aromatic carbocycles. The lowest BCUT2D eigenvalue weighted by molar-refractivity contribution is 0.136. The van der Waals surface area contributed by atoms with Crippen LogP contribution in [0.1, 0.15) is 16.7 Å². The highest BCUT2D eigenvalue weighted by Gasteiger charge is 2.35. The quantitative estimate of drug-likeness (QED) is 0.795. The molecule has 1 fully saturated rings. The molecule has 118 valence electrons. The van der Waals surface area contributed by atoms with Crippen molar-refractivity contribution >= 4 is 17.4 Å². The second-order valence-corrected chi connectivity index (χ2v) is 6.31. The zero-order valence-corrected chi connectivity index (χ0v) is 13.0. The highest BCUT2D eigenvalue weighted by Crippen LogP contribution is 2.27. The van der Waals surface area contributed by atoms with Gasteiger partial charge in [0.05, 0.1) is 18.7 Å². The molecular weight excluding hydrogens is 316 g/mol. The molecular formula is C15H14N4O3S. The molecule has 4 rings (SSSR count). The van der Waals surface area contributed by atoms with Crippen molar-refractivity contribution in [3.63, 3.8) is 0 Å². The Hall–Kier alpha value is -2.61. The number of urea groups is 1. The summed E-state index contributed by atoms with van der Waals surface area (Å²) in [4.78, 5) is 19.2. The summed E-state index contributed by atoms with van der Waals surface area (Å²) < 4.78 is 10.5.